The fourth-order valence-electron chi connectivity index (χ4n) is 1.53. The van der Waals surface area contributed by atoms with Gasteiger partial charge < -0.3 is 4.98 Å². The van der Waals surface area contributed by atoms with Crippen LogP contribution in [0.3, 0.4) is 0 Å². The van der Waals surface area contributed by atoms with Gasteiger partial charge in [0.05, 0.1) is 12.5 Å². The number of nitrogens with zero attached hydrogens (tertiary/aromatic N) is 4. The summed E-state index contributed by atoms with van der Waals surface area (Å²) in [4.78, 5) is 30.1. The Morgan fingerprint density at radius 1 is 1.38 bits per heavy atom. The summed E-state index contributed by atoms with van der Waals surface area (Å²) in [6.07, 6.45) is 0.0754. The molecule has 0 aliphatic rings. The van der Waals surface area contributed by atoms with Gasteiger partial charge in [0.2, 0.25) is 0 Å². The number of rotatable bonds is 1. The van der Waals surface area contributed by atoms with Crippen LogP contribution in [0.15, 0.2) is 9.59 Å². The van der Waals surface area contributed by atoms with E-state index in [4.69, 9.17) is 5.26 Å². The Labute approximate surface area is 89.6 Å². The van der Waals surface area contributed by atoms with E-state index in [1.807, 2.05) is 6.07 Å². The van der Waals surface area contributed by atoms with Gasteiger partial charge >= 0.3 is 5.69 Å². The summed E-state index contributed by atoms with van der Waals surface area (Å²) in [5.41, 5.74) is -0.351. The third kappa shape index (κ3) is 1.24. The predicted octanol–water partition coefficient (Wildman–Crippen LogP) is -0.974. The number of imidazole rings is 1. The number of aryl methyl sites for hydroxylation is 1. The molecule has 2 aromatic heterocycles. The molecule has 0 atom stereocenters. The molecule has 0 bridgehead atoms. The average Bonchev–Trinajstić information content (AvgIpc) is 2.68. The maximum Gasteiger partial charge on any atom is 0.332 e. The third-order valence-electron chi connectivity index (χ3n) is 2.39. The molecule has 0 aromatic carbocycles. The molecule has 0 unspecified atom stereocenters. The van der Waals surface area contributed by atoms with Crippen LogP contribution in [-0.4, -0.2) is 19.1 Å². The van der Waals surface area contributed by atoms with Crippen LogP contribution >= 0.6 is 0 Å². The molecule has 0 spiro atoms. The molecule has 0 aliphatic heterocycles. The SMILES string of the molecule is Cn1c(=O)c2[nH]c(CC#N)nc2n(C)c1=O. The first-order valence-electron chi connectivity index (χ1n) is 4.58. The lowest BCUT2D eigenvalue weighted by Crippen LogP contribution is -2.36. The third-order valence-corrected chi connectivity index (χ3v) is 2.39. The molecule has 0 aliphatic carbocycles. The van der Waals surface area contributed by atoms with E-state index in [0.29, 0.717) is 5.82 Å². The number of hydrogen-bond acceptors (Lipinski definition) is 4. The highest BCUT2D eigenvalue weighted by atomic mass is 16.2. The number of fused-ring (bicyclic) bond motifs is 1. The van der Waals surface area contributed by atoms with Crippen LogP contribution in [0.2, 0.25) is 0 Å². The van der Waals surface area contributed by atoms with E-state index in [0.717, 1.165) is 4.57 Å². The summed E-state index contributed by atoms with van der Waals surface area (Å²) < 4.78 is 2.27. The summed E-state index contributed by atoms with van der Waals surface area (Å²) >= 11 is 0. The van der Waals surface area contributed by atoms with Crippen molar-refractivity contribution >= 4 is 11.2 Å². The van der Waals surface area contributed by atoms with E-state index in [1.54, 1.807) is 0 Å². The zero-order chi connectivity index (χ0) is 11.9. The highest BCUT2D eigenvalue weighted by Crippen LogP contribution is 2.03. The maximum absolute atomic E-state index is 11.7. The van der Waals surface area contributed by atoms with Gasteiger partial charge in [0.1, 0.15) is 11.3 Å². The minimum absolute atomic E-state index is 0.0754. The van der Waals surface area contributed by atoms with Crippen molar-refractivity contribution in [3.8, 4) is 6.07 Å². The second-order valence-corrected chi connectivity index (χ2v) is 3.42. The Bertz CT molecular complexity index is 712. The van der Waals surface area contributed by atoms with E-state index in [2.05, 4.69) is 9.97 Å². The minimum Gasteiger partial charge on any atom is -0.335 e. The van der Waals surface area contributed by atoms with Gasteiger partial charge in [-0.2, -0.15) is 5.26 Å². The molecule has 0 saturated carbocycles. The smallest absolute Gasteiger partial charge is 0.332 e. The average molecular weight is 219 g/mol. The van der Waals surface area contributed by atoms with Gasteiger partial charge in [0, 0.05) is 14.1 Å². The molecule has 0 fully saturated rings. The minimum atomic E-state index is -0.437. The van der Waals surface area contributed by atoms with Crippen molar-refractivity contribution in [3.63, 3.8) is 0 Å². The van der Waals surface area contributed by atoms with Crippen LogP contribution in [0.1, 0.15) is 5.82 Å². The molecular weight excluding hydrogens is 210 g/mol. The van der Waals surface area contributed by atoms with E-state index in [-0.39, 0.29) is 17.6 Å². The van der Waals surface area contributed by atoms with Gasteiger partial charge in [0.25, 0.3) is 5.56 Å². The van der Waals surface area contributed by atoms with E-state index >= 15 is 0 Å². The number of aromatic amines is 1. The van der Waals surface area contributed by atoms with Crippen LogP contribution in [0.4, 0.5) is 0 Å². The zero-order valence-electron chi connectivity index (χ0n) is 8.81. The first-order chi connectivity index (χ1) is 7.56. The number of nitriles is 1. The first kappa shape index (κ1) is 10.2. The van der Waals surface area contributed by atoms with Crippen molar-refractivity contribution in [1.82, 2.24) is 19.1 Å². The summed E-state index contributed by atoms with van der Waals surface area (Å²) in [5.74, 6) is 0.385. The molecule has 2 aromatic rings. The number of aromatic nitrogens is 4. The molecular formula is C9H9N5O2. The summed E-state index contributed by atoms with van der Waals surface area (Å²) in [5, 5.41) is 8.53. The highest BCUT2D eigenvalue weighted by Gasteiger charge is 2.12. The summed E-state index contributed by atoms with van der Waals surface area (Å²) in [7, 11) is 2.93. The van der Waals surface area contributed by atoms with Crippen LogP contribution in [-0.2, 0) is 20.5 Å². The Morgan fingerprint density at radius 2 is 2.06 bits per heavy atom. The maximum atomic E-state index is 11.7. The lowest BCUT2D eigenvalue weighted by Gasteiger charge is -2.00. The lowest BCUT2D eigenvalue weighted by atomic mass is 10.5. The van der Waals surface area contributed by atoms with Gasteiger partial charge in [-0.25, -0.2) is 9.78 Å². The van der Waals surface area contributed by atoms with E-state index < -0.39 is 11.2 Å². The van der Waals surface area contributed by atoms with Crippen molar-refractivity contribution < 1.29 is 0 Å². The zero-order valence-corrected chi connectivity index (χ0v) is 8.81. The Hall–Kier alpha value is -2.36. The second kappa shape index (κ2) is 3.34. The van der Waals surface area contributed by atoms with E-state index in [9.17, 15) is 9.59 Å². The number of nitrogens with one attached hydrogen (secondary N) is 1. The quantitative estimate of drug-likeness (QED) is 0.667. The first-order valence-corrected chi connectivity index (χ1v) is 4.58. The Kier molecular flexibility index (Phi) is 2.12. The van der Waals surface area contributed by atoms with Gasteiger partial charge in [-0.15, -0.1) is 0 Å². The summed E-state index contributed by atoms with van der Waals surface area (Å²) in [6.45, 7) is 0. The highest BCUT2D eigenvalue weighted by molar-refractivity contribution is 5.69. The van der Waals surface area contributed by atoms with Crippen LogP contribution < -0.4 is 11.2 Å². The Balaban J connectivity index is 2.93. The van der Waals surface area contributed by atoms with Crippen LogP contribution in [0.25, 0.3) is 11.2 Å². The molecule has 82 valence electrons. The predicted molar refractivity (Wildman–Crippen MR) is 55.9 cm³/mol. The molecule has 1 N–H and O–H groups in total. The summed E-state index contributed by atoms with van der Waals surface area (Å²) in [6, 6.07) is 1.92. The molecule has 0 amide bonds. The fourth-order valence-corrected chi connectivity index (χ4v) is 1.53. The number of hydrogen-bond donors (Lipinski definition) is 1. The molecule has 16 heavy (non-hydrogen) atoms. The topological polar surface area (TPSA) is 96.5 Å². The van der Waals surface area contributed by atoms with Gasteiger partial charge in [0.15, 0.2) is 5.65 Å². The second-order valence-electron chi connectivity index (χ2n) is 3.42. The molecule has 0 saturated heterocycles. The fraction of sp³-hybridized carbons (Fsp3) is 0.333. The van der Waals surface area contributed by atoms with Gasteiger partial charge in [-0.3, -0.25) is 13.9 Å². The van der Waals surface area contributed by atoms with Gasteiger partial charge in [-0.1, -0.05) is 0 Å². The Morgan fingerprint density at radius 3 is 2.69 bits per heavy atom. The van der Waals surface area contributed by atoms with Crippen LogP contribution in [0.5, 0.6) is 0 Å². The largest absolute Gasteiger partial charge is 0.335 e. The molecule has 7 nitrogen and oxygen atoms in total. The van der Waals surface area contributed by atoms with Crippen molar-refractivity contribution in [2.45, 2.75) is 6.42 Å². The van der Waals surface area contributed by atoms with Gasteiger partial charge in [-0.05, 0) is 0 Å². The van der Waals surface area contributed by atoms with Crippen molar-refractivity contribution in [1.29, 1.82) is 5.26 Å². The molecule has 2 heterocycles. The molecule has 0 radical (unpaired) electrons. The molecule has 7 heteroatoms. The standard InChI is InChI=1S/C9H9N5O2/c1-13-7-6(8(15)14(2)9(13)16)11-5(12-7)3-4-10/h3H2,1-2H3,(H,11,12). The normalized spacial score (nSPS) is 10.6. The van der Waals surface area contributed by atoms with Crippen molar-refractivity contribution in [3.05, 3.63) is 26.7 Å². The van der Waals surface area contributed by atoms with Crippen molar-refractivity contribution in [2.75, 3.05) is 0 Å². The molecule has 2 rings (SSSR count). The number of H-pyrrole nitrogens is 1. The lowest BCUT2D eigenvalue weighted by molar-refractivity contribution is 0.708. The van der Waals surface area contributed by atoms with Crippen LogP contribution in [0, 0.1) is 11.3 Å². The van der Waals surface area contributed by atoms with Crippen molar-refractivity contribution in [2.24, 2.45) is 14.1 Å². The van der Waals surface area contributed by atoms with E-state index in [1.165, 1.54) is 18.7 Å². The monoisotopic (exact) mass is 219 g/mol.